The molecule has 6 nitrogen and oxygen atoms in total. The van der Waals surface area contributed by atoms with E-state index in [0.717, 1.165) is 29.7 Å². The summed E-state index contributed by atoms with van der Waals surface area (Å²) in [6, 6.07) is 8.86. The predicted octanol–water partition coefficient (Wildman–Crippen LogP) is 3.84. The number of thiophene rings is 1. The van der Waals surface area contributed by atoms with Gasteiger partial charge in [0.2, 0.25) is 5.91 Å². The number of nitrogens with zero attached hydrogens (tertiary/aromatic N) is 2. The molecule has 2 aromatic heterocycles. The third-order valence-electron chi connectivity index (χ3n) is 5.92. The molecule has 0 radical (unpaired) electrons. The Morgan fingerprint density at radius 3 is 2.61 bits per heavy atom. The fourth-order valence-electron chi connectivity index (χ4n) is 4.10. The van der Waals surface area contributed by atoms with E-state index in [1.54, 1.807) is 24.3 Å². The lowest BCUT2D eigenvalue weighted by Crippen LogP contribution is -2.41. The number of benzene rings is 1. The molecule has 0 saturated carbocycles. The molecule has 1 aromatic carbocycles. The molecule has 0 fully saturated rings. The van der Waals surface area contributed by atoms with E-state index >= 15 is 0 Å². The minimum absolute atomic E-state index is 0.110. The molecule has 1 aliphatic carbocycles. The molecule has 0 aliphatic heterocycles. The first kappa shape index (κ1) is 21.3. The van der Waals surface area contributed by atoms with Gasteiger partial charge in [0.15, 0.2) is 0 Å². The van der Waals surface area contributed by atoms with Crippen LogP contribution in [-0.4, -0.2) is 21.6 Å². The summed E-state index contributed by atoms with van der Waals surface area (Å²) in [6.07, 6.45) is 7.80. The Morgan fingerprint density at radius 1 is 1.13 bits per heavy atom. The highest BCUT2D eigenvalue weighted by atomic mass is 32.1. The second-order valence-electron chi connectivity index (χ2n) is 8.02. The molecule has 0 bridgehead atoms. The summed E-state index contributed by atoms with van der Waals surface area (Å²) in [5, 5.41) is 3.45. The zero-order valence-corrected chi connectivity index (χ0v) is 18.8. The number of para-hydroxylation sites is 1. The van der Waals surface area contributed by atoms with Gasteiger partial charge in [-0.25, -0.2) is 9.36 Å². The maximum atomic E-state index is 13.3. The standard InChI is InChI=1S/C24H27N3O3S/c1-16-17(2)31-23-21(16)22(29)27(19-11-7-4-8-12-19)24(30)26(23)15-20(28)25-14-13-18-9-5-3-6-10-18/h4,7-9,11-12H,3,5-6,10,13-15H2,1-2H3,(H,25,28). The van der Waals surface area contributed by atoms with Gasteiger partial charge in [-0.15, -0.1) is 11.3 Å². The van der Waals surface area contributed by atoms with Crippen LogP contribution in [0.15, 0.2) is 51.6 Å². The summed E-state index contributed by atoms with van der Waals surface area (Å²) < 4.78 is 2.60. The summed E-state index contributed by atoms with van der Waals surface area (Å²) in [5.41, 5.74) is 1.92. The van der Waals surface area contributed by atoms with Crippen LogP contribution in [0.4, 0.5) is 0 Å². The number of carbonyl (C=O) groups excluding carboxylic acids is 1. The molecule has 1 amide bonds. The Balaban J connectivity index is 1.67. The SMILES string of the molecule is Cc1sc2c(c1C)c(=O)n(-c1ccccc1)c(=O)n2CC(=O)NCCC1=CCCCC1. The second-order valence-corrected chi connectivity index (χ2v) is 9.22. The summed E-state index contributed by atoms with van der Waals surface area (Å²) in [7, 11) is 0. The zero-order chi connectivity index (χ0) is 22.0. The Hall–Kier alpha value is -2.93. The minimum Gasteiger partial charge on any atom is -0.354 e. The van der Waals surface area contributed by atoms with E-state index in [1.807, 2.05) is 19.9 Å². The Bertz CT molecular complexity index is 1270. The molecule has 0 unspecified atom stereocenters. The number of aryl methyl sites for hydroxylation is 2. The lowest BCUT2D eigenvalue weighted by atomic mass is 9.97. The number of carbonyl (C=O) groups is 1. The van der Waals surface area contributed by atoms with E-state index in [0.29, 0.717) is 22.4 Å². The second kappa shape index (κ2) is 9.06. The first-order valence-electron chi connectivity index (χ1n) is 10.7. The van der Waals surface area contributed by atoms with Gasteiger partial charge < -0.3 is 5.32 Å². The Morgan fingerprint density at radius 2 is 1.90 bits per heavy atom. The molecule has 2 heterocycles. The van der Waals surface area contributed by atoms with Gasteiger partial charge in [-0.1, -0.05) is 29.8 Å². The van der Waals surface area contributed by atoms with Crippen molar-refractivity contribution in [2.75, 3.05) is 6.54 Å². The van der Waals surface area contributed by atoms with Crippen molar-refractivity contribution in [3.63, 3.8) is 0 Å². The quantitative estimate of drug-likeness (QED) is 0.596. The third kappa shape index (κ3) is 4.28. The normalized spacial score (nSPS) is 13.9. The number of amides is 1. The van der Waals surface area contributed by atoms with Crippen LogP contribution in [0.2, 0.25) is 0 Å². The molecule has 3 aromatic rings. The number of allylic oxidation sites excluding steroid dienone is 1. The highest BCUT2D eigenvalue weighted by Gasteiger charge is 2.20. The maximum absolute atomic E-state index is 13.3. The molecule has 0 saturated heterocycles. The topological polar surface area (TPSA) is 73.1 Å². The van der Waals surface area contributed by atoms with Crippen molar-refractivity contribution in [1.29, 1.82) is 0 Å². The largest absolute Gasteiger partial charge is 0.354 e. The van der Waals surface area contributed by atoms with Crippen molar-refractivity contribution in [3.8, 4) is 5.69 Å². The minimum atomic E-state index is -0.491. The highest BCUT2D eigenvalue weighted by molar-refractivity contribution is 7.18. The van der Waals surface area contributed by atoms with Crippen molar-refractivity contribution in [2.24, 2.45) is 0 Å². The monoisotopic (exact) mass is 437 g/mol. The van der Waals surface area contributed by atoms with Gasteiger partial charge in [0, 0.05) is 11.4 Å². The predicted molar refractivity (Wildman–Crippen MR) is 125 cm³/mol. The van der Waals surface area contributed by atoms with E-state index in [9.17, 15) is 14.4 Å². The van der Waals surface area contributed by atoms with E-state index in [2.05, 4.69) is 11.4 Å². The van der Waals surface area contributed by atoms with Crippen molar-refractivity contribution < 1.29 is 4.79 Å². The molecule has 1 aliphatic rings. The number of hydrogen-bond acceptors (Lipinski definition) is 4. The van der Waals surface area contributed by atoms with E-state index in [-0.39, 0.29) is 18.0 Å². The number of rotatable bonds is 6. The van der Waals surface area contributed by atoms with E-state index in [1.165, 1.54) is 38.9 Å². The van der Waals surface area contributed by atoms with Crippen molar-refractivity contribution in [3.05, 3.63) is 73.3 Å². The highest BCUT2D eigenvalue weighted by Crippen LogP contribution is 2.27. The third-order valence-corrected chi connectivity index (χ3v) is 7.15. The first-order valence-corrected chi connectivity index (χ1v) is 11.5. The fraction of sp³-hybridized carbons (Fsp3) is 0.375. The molecular weight excluding hydrogens is 410 g/mol. The van der Waals surface area contributed by atoms with Crippen LogP contribution in [0, 0.1) is 13.8 Å². The zero-order valence-electron chi connectivity index (χ0n) is 17.9. The van der Waals surface area contributed by atoms with Gasteiger partial charge in [-0.05, 0) is 63.6 Å². The number of aromatic nitrogens is 2. The Labute approximate surface area is 184 Å². The van der Waals surface area contributed by atoms with Crippen molar-refractivity contribution in [1.82, 2.24) is 14.5 Å². The van der Waals surface area contributed by atoms with Gasteiger partial charge in [-0.2, -0.15) is 0 Å². The molecule has 0 spiro atoms. The average Bonchev–Trinajstić information content (AvgIpc) is 3.07. The molecule has 7 heteroatoms. The number of nitrogens with one attached hydrogen (secondary N) is 1. The van der Waals surface area contributed by atoms with E-state index < -0.39 is 5.69 Å². The van der Waals surface area contributed by atoms with Gasteiger partial charge >= 0.3 is 5.69 Å². The van der Waals surface area contributed by atoms with Crippen LogP contribution in [0.5, 0.6) is 0 Å². The van der Waals surface area contributed by atoms with Gasteiger partial charge in [0.05, 0.1) is 11.1 Å². The number of hydrogen-bond donors (Lipinski definition) is 1. The lowest BCUT2D eigenvalue weighted by Gasteiger charge is -2.14. The van der Waals surface area contributed by atoms with Gasteiger partial charge in [0.25, 0.3) is 5.56 Å². The van der Waals surface area contributed by atoms with Crippen LogP contribution >= 0.6 is 11.3 Å². The molecule has 31 heavy (non-hydrogen) atoms. The molecule has 4 rings (SSSR count). The summed E-state index contributed by atoms with van der Waals surface area (Å²) >= 11 is 1.39. The Kier molecular flexibility index (Phi) is 6.23. The van der Waals surface area contributed by atoms with Crippen LogP contribution < -0.4 is 16.6 Å². The summed E-state index contributed by atoms with van der Waals surface area (Å²) in [5.74, 6) is -0.221. The molecule has 1 N–H and O–H groups in total. The van der Waals surface area contributed by atoms with Crippen LogP contribution in [-0.2, 0) is 11.3 Å². The van der Waals surface area contributed by atoms with E-state index in [4.69, 9.17) is 0 Å². The summed E-state index contributed by atoms with van der Waals surface area (Å²) in [6.45, 7) is 4.26. The maximum Gasteiger partial charge on any atom is 0.337 e. The van der Waals surface area contributed by atoms with Crippen molar-refractivity contribution >= 4 is 27.5 Å². The molecular formula is C24H27N3O3S. The molecule has 0 atom stereocenters. The number of fused-ring (bicyclic) bond motifs is 1. The first-order chi connectivity index (χ1) is 15.0. The van der Waals surface area contributed by atoms with Crippen LogP contribution in [0.25, 0.3) is 15.9 Å². The average molecular weight is 438 g/mol. The summed E-state index contributed by atoms with van der Waals surface area (Å²) in [4.78, 5) is 40.8. The molecule has 162 valence electrons. The van der Waals surface area contributed by atoms with Gasteiger partial charge in [0.1, 0.15) is 11.4 Å². The van der Waals surface area contributed by atoms with Crippen LogP contribution in [0.1, 0.15) is 42.5 Å². The smallest absolute Gasteiger partial charge is 0.337 e. The van der Waals surface area contributed by atoms with Gasteiger partial charge in [-0.3, -0.25) is 14.2 Å². The van der Waals surface area contributed by atoms with Crippen molar-refractivity contribution in [2.45, 2.75) is 52.5 Å². The van der Waals surface area contributed by atoms with Crippen LogP contribution in [0.3, 0.4) is 0 Å². The lowest BCUT2D eigenvalue weighted by molar-refractivity contribution is -0.121. The fourth-order valence-corrected chi connectivity index (χ4v) is 5.24.